The Balaban J connectivity index is 1.77. The SMILES string of the molecule is COc1cc(C(=O)N2CCCN(c3nc(C)cs3)CC2)cc(OC)c1OCC(N)=O. The summed E-state index contributed by atoms with van der Waals surface area (Å²) in [5.41, 5.74) is 6.58. The van der Waals surface area contributed by atoms with Crippen LogP contribution in [0.2, 0.25) is 0 Å². The van der Waals surface area contributed by atoms with Crippen LogP contribution in [0.15, 0.2) is 17.5 Å². The van der Waals surface area contributed by atoms with Crippen LogP contribution in [-0.4, -0.2) is 68.7 Å². The Morgan fingerprint density at radius 3 is 2.40 bits per heavy atom. The molecule has 3 rings (SSSR count). The summed E-state index contributed by atoms with van der Waals surface area (Å²) >= 11 is 1.62. The highest BCUT2D eigenvalue weighted by Gasteiger charge is 2.24. The quantitative estimate of drug-likeness (QED) is 0.706. The Morgan fingerprint density at radius 2 is 1.83 bits per heavy atom. The smallest absolute Gasteiger partial charge is 0.255 e. The van der Waals surface area contributed by atoms with Crippen molar-refractivity contribution in [3.05, 3.63) is 28.8 Å². The van der Waals surface area contributed by atoms with Gasteiger partial charge >= 0.3 is 0 Å². The lowest BCUT2D eigenvalue weighted by atomic mass is 10.1. The largest absolute Gasteiger partial charge is 0.493 e. The van der Waals surface area contributed by atoms with Gasteiger partial charge in [0.1, 0.15) is 0 Å². The number of benzene rings is 1. The van der Waals surface area contributed by atoms with Gasteiger partial charge in [0, 0.05) is 37.1 Å². The summed E-state index contributed by atoms with van der Waals surface area (Å²) in [4.78, 5) is 32.8. The maximum absolute atomic E-state index is 13.2. The monoisotopic (exact) mass is 434 g/mol. The number of amides is 2. The van der Waals surface area contributed by atoms with E-state index < -0.39 is 5.91 Å². The molecule has 0 radical (unpaired) electrons. The minimum atomic E-state index is -0.621. The van der Waals surface area contributed by atoms with Gasteiger partial charge in [-0.25, -0.2) is 4.98 Å². The molecule has 1 aromatic carbocycles. The highest BCUT2D eigenvalue weighted by atomic mass is 32.1. The van der Waals surface area contributed by atoms with E-state index in [2.05, 4.69) is 9.88 Å². The summed E-state index contributed by atoms with van der Waals surface area (Å²) in [6.45, 7) is 4.45. The van der Waals surface area contributed by atoms with E-state index in [1.165, 1.54) is 14.2 Å². The summed E-state index contributed by atoms with van der Waals surface area (Å²) in [7, 11) is 2.92. The van der Waals surface area contributed by atoms with Crippen molar-refractivity contribution in [3.63, 3.8) is 0 Å². The zero-order valence-corrected chi connectivity index (χ0v) is 18.2. The van der Waals surface area contributed by atoms with Crippen LogP contribution in [0.25, 0.3) is 0 Å². The number of carbonyl (C=O) groups is 2. The Bertz CT molecular complexity index is 891. The van der Waals surface area contributed by atoms with Crippen LogP contribution < -0.4 is 24.8 Å². The minimum Gasteiger partial charge on any atom is -0.493 e. The van der Waals surface area contributed by atoms with Gasteiger partial charge in [-0.3, -0.25) is 9.59 Å². The first-order chi connectivity index (χ1) is 14.4. The summed E-state index contributed by atoms with van der Waals surface area (Å²) in [6.07, 6.45) is 0.846. The number of hydrogen-bond donors (Lipinski definition) is 1. The van der Waals surface area contributed by atoms with E-state index in [0.29, 0.717) is 36.7 Å². The molecule has 0 unspecified atom stereocenters. The van der Waals surface area contributed by atoms with Crippen LogP contribution in [-0.2, 0) is 4.79 Å². The van der Waals surface area contributed by atoms with Crippen LogP contribution in [0, 0.1) is 6.92 Å². The minimum absolute atomic E-state index is 0.120. The topological polar surface area (TPSA) is 107 Å². The van der Waals surface area contributed by atoms with Gasteiger partial charge in [0.25, 0.3) is 11.8 Å². The molecule has 2 N–H and O–H groups in total. The number of thiazole rings is 1. The number of rotatable bonds is 7. The van der Waals surface area contributed by atoms with E-state index in [1.807, 2.05) is 17.2 Å². The first kappa shape index (κ1) is 21.7. The van der Waals surface area contributed by atoms with Crippen LogP contribution in [0.5, 0.6) is 17.2 Å². The Hall–Kier alpha value is -3.01. The van der Waals surface area contributed by atoms with Gasteiger partial charge in [0.2, 0.25) is 5.75 Å². The van der Waals surface area contributed by atoms with Crippen LogP contribution in [0.4, 0.5) is 5.13 Å². The average molecular weight is 435 g/mol. The fourth-order valence-corrected chi connectivity index (χ4v) is 4.13. The molecule has 1 fully saturated rings. The zero-order valence-electron chi connectivity index (χ0n) is 17.3. The van der Waals surface area contributed by atoms with Crippen LogP contribution >= 0.6 is 11.3 Å². The number of ether oxygens (including phenoxy) is 3. The van der Waals surface area contributed by atoms with Crippen molar-refractivity contribution in [2.75, 3.05) is 51.9 Å². The standard InChI is InChI=1S/C20H26N4O5S/c1-13-12-30-20(22-13)24-6-4-5-23(7-8-24)19(26)14-9-15(27-2)18(16(10-14)28-3)29-11-17(21)25/h9-10,12H,4-8,11H2,1-3H3,(H2,21,25). The molecule has 1 saturated heterocycles. The van der Waals surface area contributed by atoms with Crippen molar-refractivity contribution < 1.29 is 23.8 Å². The second-order valence-electron chi connectivity index (χ2n) is 6.87. The van der Waals surface area contributed by atoms with E-state index in [0.717, 1.165) is 23.8 Å². The molecule has 0 atom stereocenters. The fraction of sp³-hybridized carbons (Fsp3) is 0.450. The van der Waals surface area contributed by atoms with Crippen LogP contribution in [0.1, 0.15) is 22.5 Å². The maximum atomic E-state index is 13.2. The van der Waals surface area contributed by atoms with E-state index in [-0.39, 0.29) is 18.3 Å². The third-order valence-corrected chi connectivity index (χ3v) is 5.75. The Morgan fingerprint density at radius 1 is 1.13 bits per heavy atom. The lowest BCUT2D eigenvalue weighted by Crippen LogP contribution is -2.35. The molecule has 0 spiro atoms. The van der Waals surface area contributed by atoms with Gasteiger partial charge in [-0.2, -0.15) is 0 Å². The van der Waals surface area contributed by atoms with Crippen molar-refractivity contribution in [1.82, 2.24) is 9.88 Å². The molecule has 9 nitrogen and oxygen atoms in total. The van der Waals surface area contributed by atoms with Gasteiger partial charge in [0.15, 0.2) is 23.2 Å². The number of aromatic nitrogens is 1. The third kappa shape index (κ3) is 4.93. The molecule has 10 heteroatoms. The van der Waals surface area contributed by atoms with Crippen molar-refractivity contribution in [1.29, 1.82) is 0 Å². The molecule has 1 aromatic heterocycles. The number of anilines is 1. The van der Waals surface area contributed by atoms with E-state index in [4.69, 9.17) is 19.9 Å². The van der Waals surface area contributed by atoms with Gasteiger partial charge in [0.05, 0.1) is 19.9 Å². The number of primary amides is 1. The predicted molar refractivity (Wildman–Crippen MR) is 114 cm³/mol. The molecule has 30 heavy (non-hydrogen) atoms. The van der Waals surface area contributed by atoms with Gasteiger partial charge in [-0.15, -0.1) is 11.3 Å². The van der Waals surface area contributed by atoms with E-state index in [9.17, 15) is 9.59 Å². The molecular formula is C20H26N4O5S. The molecule has 1 aliphatic rings. The summed E-state index contributed by atoms with van der Waals surface area (Å²) in [5.74, 6) is 0.0906. The van der Waals surface area contributed by atoms with E-state index >= 15 is 0 Å². The van der Waals surface area contributed by atoms with Crippen molar-refractivity contribution in [2.45, 2.75) is 13.3 Å². The van der Waals surface area contributed by atoms with Crippen molar-refractivity contribution in [2.24, 2.45) is 5.73 Å². The zero-order chi connectivity index (χ0) is 21.7. The lowest BCUT2D eigenvalue weighted by molar-refractivity contribution is -0.120. The van der Waals surface area contributed by atoms with Crippen molar-refractivity contribution >= 4 is 28.3 Å². The number of carbonyl (C=O) groups excluding carboxylic acids is 2. The summed E-state index contributed by atoms with van der Waals surface area (Å²) in [6, 6.07) is 3.18. The first-order valence-electron chi connectivity index (χ1n) is 9.56. The number of methoxy groups -OCH3 is 2. The Labute approximate surface area is 179 Å². The van der Waals surface area contributed by atoms with Gasteiger partial charge in [-0.05, 0) is 25.5 Å². The number of aryl methyl sites for hydroxylation is 1. The Kier molecular flexibility index (Phi) is 6.99. The molecule has 0 aliphatic carbocycles. The first-order valence-corrected chi connectivity index (χ1v) is 10.4. The molecule has 2 amide bonds. The molecular weight excluding hydrogens is 408 g/mol. The van der Waals surface area contributed by atoms with Gasteiger partial charge < -0.3 is 29.7 Å². The fourth-order valence-electron chi connectivity index (χ4n) is 3.27. The second kappa shape index (κ2) is 9.66. The number of hydrogen-bond acceptors (Lipinski definition) is 8. The summed E-state index contributed by atoms with van der Waals surface area (Å²) < 4.78 is 16.1. The molecule has 0 saturated carbocycles. The highest BCUT2D eigenvalue weighted by molar-refractivity contribution is 7.13. The molecule has 2 heterocycles. The lowest BCUT2D eigenvalue weighted by Gasteiger charge is -2.23. The molecule has 0 bridgehead atoms. The third-order valence-electron chi connectivity index (χ3n) is 4.73. The molecule has 162 valence electrons. The average Bonchev–Trinajstić information content (AvgIpc) is 3.02. The maximum Gasteiger partial charge on any atom is 0.255 e. The van der Waals surface area contributed by atoms with Crippen molar-refractivity contribution in [3.8, 4) is 17.2 Å². The molecule has 2 aromatic rings. The highest BCUT2D eigenvalue weighted by Crippen LogP contribution is 2.39. The van der Waals surface area contributed by atoms with Crippen LogP contribution in [0.3, 0.4) is 0 Å². The predicted octanol–water partition coefficient (Wildman–Crippen LogP) is 1.69. The summed E-state index contributed by atoms with van der Waals surface area (Å²) in [5, 5.41) is 3.02. The van der Waals surface area contributed by atoms with Gasteiger partial charge in [-0.1, -0.05) is 0 Å². The van der Waals surface area contributed by atoms with E-state index in [1.54, 1.807) is 23.5 Å². The second-order valence-corrected chi connectivity index (χ2v) is 7.71. The normalized spacial score (nSPS) is 14.2. The molecule has 1 aliphatic heterocycles. The number of nitrogens with zero attached hydrogens (tertiary/aromatic N) is 3. The number of nitrogens with two attached hydrogens (primary N) is 1.